The largest absolute Gasteiger partial charge is 0.357 e. The van der Waals surface area contributed by atoms with Crippen molar-refractivity contribution in [3.05, 3.63) is 35.9 Å². The fourth-order valence-electron chi connectivity index (χ4n) is 1.92. The van der Waals surface area contributed by atoms with E-state index in [1.165, 1.54) is 0 Å². The van der Waals surface area contributed by atoms with Crippen LogP contribution in [0.2, 0.25) is 0 Å². The Morgan fingerprint density at radius 2 is 1.80 bits per heavy atom. The third kappa shape index (κ3) is 5.87. The van der Waals surface area contributed by atoms with Crippen LogP contribution in [0.5, 0.6) is 0 Å². The van der Waals surface area contributed by atoms with E-state index in [9.17, 15) is 9.59 Å². The van der Waals surface area contributed by atoms with Gasteiger partial charge < -0.3 is 10.6 Å². The van der Waals surface area contributed by atoms with Gasteiger partial charge in [-0.3, -0.25) is 9.59 Å². The molecule has 0 heterocycles. The van der Waals surface area contributed by atoms with Crippen LogP contribution in [0.25, 0.3) is 0 Å². The van der Waals surface area contributed by atoms with Crippen LogP contribution in [0.1, 0.15) is 32.3 Å². The highest BCUT2D eigenvalue weighted by Gasteiger charge is 2.19. The molecule has 0 radical (unpaired) electrons. The van der Waals surface area contributed by atoms with E-state index in [1.54, 1.807) is 7.05 Å². The van der Waals surface area contributed by atoms with Crippen molar-refractivity contribution in [2.45, 2.75) is 39.2 Å². The fraction of sp³-hybridized carbons (Fsp3) is 0.500. The highest BCUT2D eigenvalue weighted by molar-refractivity contribution is 5.87. The van der Waals surface area contributed by atoms with E-state index < -0.39 is 6.04 Å². The van der Waals surface area contributed by atoms with Crippen LogP contribution >= 0.6 is 0 Å². The molecule has 0 unspecified atom stereocenters. The molecule has 2 N–H and O–H groups in total. The van der Waals surface area contributed by atoms with Crippen molar-refractivity contribution in [1.82, 2.24) is 10.6 Å². The molecule has 1 aromatic carbocycles. The van der Waals surface area contributed by atoms with Gasteiger partial charge in [0.25, 0.3) is 0 Å². The predicted molar refractivity (Wildman–Crippen MR) is 80.2 cm³/mol. The molecule has 4 heteroatoms. The highest BCUT2D eigenvalue weighted by Crippen LogP contribution is 2.06. The number of hydrogen-bond acceptors (Lipinski definition) is 2. The first-order chi connectivity index (χ1) is 9.52. The number of nitrogens with one attached hydrogen (secondary N) is 2. The predicted octanol–water partition coefficient (Wildman–Crippen LogP) is 1.90. The summed E-state index contributed by atoms with van der Waals surface area (Å²) in [5.41, 5.74) is 1.03. The minimum atomic E-state index is -0.512. The maximum Gasteiger partial charge on any atom is 0.242 e. The molecule has 0 bridgehead atoms. The summed E-state index contributed by atoms with van der Waals surface area (Å²) in [6.45, 7) is 4.15. The summed E-state index contributed by atoms with van der Waals surface area (Å²) in [6, 6.07) is 9.18. The quantitative estimate of drug-likeness (QED) is 0.799. The second kappa shape index (κ2) is 8.35. The van der Waals surface area contributed by atoms with Crippen LogP contribution in [0.4, 0.5) is 0 Å². The van der Waals surface area contributed by atoms with Crippen LogP contribution in [0.15, 0.2) is 30.3 Å². The standard InChI is InChI=1S/C16H24N2O2/c1-12(2)9-10-15(19)18-14(16(20)17-3)11-13-7-5-4-6-8-13/h4-8,12,14H,9-11H2,1-3H3,(H,17,20)(H,18,19)/t14-/m0/s1. The van der Waals surface area contributed by atoms with Gasteiger partial charge in [-0.1, -0.05) is 44.2 Å². The SMILES string of the molecule is CNC(=O)[C@H](Cc1ccccc1)NC(=O)CCC(C)C. The molecular weight excluding hydrogens is 252 g/mol. The van der Waals surface area contributed by atoms with Crippen molar-refractivity contribution in [3.8, 4) is 0 Å². The molecule has 4 nitrogen and oxygen atoms in total. The summed E-state index contributed by atoms with van der Waals surface area (Å²) in [4.78, 5) is 23.7. The lowest BCUT2D eigenvalue weighted by Gasteiger charge is -2.17. The third-order valence-electron chi connectivity index (χ3n) is 3.13. The first-order valence-electron chi connectivity index (χ1n) is 7.07. The summed E-state index contributed by atoms with van der Waals surface area (Å²) in [6.07, 6.45) is 1.80. The highest BCUT2D eigenvalue weighted by atomic mass is 16.2. The second-order valence-electron chi connectivity index (χ2n) is 5.36. The average Bonchev–Trinajstić information content (AvgIpc) is 2.44. The fourth-order valence-corrected chi connectivity index (χ4v) is 1.92. The van der Waals surface area contributed by atoms with E-state index in [-0.39, 0.29) is 11.8 Å². The molecule has 20 heavy (non-hydrogen) atoms. The number of likely N-dealkylation sites (N-methyl/N-ethyl adjacent to an activating group) is 1. The van der Waals surface area contributed by atoms with Gasteiger partial charge in [-0.25, -0.2) is 0 Å². The van der Waals surface area contributed by atoms with E-state index >= 15 is 0 Å². The summed E-state index contributed by atoms with van der Waals surface area (Å²) < 4.78 is 0. The zero-order valence-corrected chi connectivity index (χ0v) is 12.5. The maximum atomic E-state index is 11.9. The van der Waals surface area contributed by atoms with E-state index in [4.69, 9.17) is 0 Å². The smallest absolute Gasteiger partial charge is 0.242 e. The molecule has 0 aliphatic rings. The van der Waals surface area contributed by atoms with Crippen LogP contribution in [0.3, 0.4) is 0 Å². The Bertz CT molecular complexity index is 429. The molecule has 0 aliphatic carbocycles. The number of rotatable bonds is 7. The Balaban J connectivity index is 2.61. The number of benzene rings is 1. The van der Waals surface area contributed by atoms with Gasteiger partial charge in [-0.05, 0) is 17.9 Å². The molecule has 0 spiro atoms. The van der Waals surface area contributed by atoms with Crippen molar-refractivity contribution in [2.75, 3.05) is 7.05 Å². The Morgan fingerprint density at radius 1 is 1.15 bits per heavy atom. The Morgan fingerprint density at radius 3 is 2.35 bits per heavy atom. The van der Waals surface area contributed by atoms with Crippen LogP contribution in [-0.2, 0) is 16.0 Å². The van der Waals surface area contributed by atoms with Crippen LogP contribution in [-0.4, -0.2) is 24.9 Å². The van der Waals surface area contributed by atoms with Crippen LogP contribution < -0.4 is 10.6 Å². The van der Waals surface area contributed by atoms with Gasteiger partial charge in [0.1, 0.15) is 6.04 Å². The monoisotopic (exact) mass is 276 g/mol. The van der Waals surface area contributed by atoms with Crippen molar-refractivity contribution < 1.29 is 9.59 Å². The molecule has 1 rings (SSSR count). The van der Waals surface area contributed by atoms with Crippen LogP contribution in [0, 0.1) is 5.92 Å². The first kappa shape index (κ1) is 16.2. The minimum Gasteiger partial charge on any atom is -0.357 e. The Hall–Kier alpha value is -1.84. The lowest BCUT2D eigenvalue weighted by atomic mass is 10.0. The molecule has 0 saturated carbocycles. The van der Waals surface area contributed by atoms with Crippen molar-refractivity contribution in [3.63, 3.8) is 0 Å². The summed E-state index contributed by atoms with van der Waals surface area (Å²) in [5.74, 6) is 0.253. The zero-order chi connectivity index (χ0) is 15.0. The maximum absolute atomic E-state index is 11.9. The third-order valence-corrected chi connectivity index (χ3v) is 3.13. The molecule has 0 aromatic heterocycles. The van der Waals surface area contributed by atoms with Crippen molar-refractivity contribution >= 4 is 11.8 Å². The molecule has 0 fully saturated rings. The van der Waals surface area contributed by atoms with Gasteiger partial charge in [0.05, 0.1) is 0 Å². The second-order valence-corrected chi connectivity index (χ2v) is 5.36. The first-order valence-corrected chi connectivity index (χ1v) is 7.07. The van der Waals surface area contributed by atoms with E-state index in [2.05, 4.69) is 24.5 Å². The van der Waals surface area contributed by atoms with Crippen molar-refractivity contribution in [2.24, 2.45) is 5.92 Å². The van der Waals surface area contributed by atoms with Gasteiger partial charge in [-0.15, -0.1) is 0 Å². The molecule has 1 aromatic rings. The Labute approximate surface area is 121 Å². The topological polar surface area (TPSA) is 58.2 Å². The molecule has 0 aliphatic heterocycles. The lowest BCUT2D eigenvalue weighted by Crippen LogP contribution is -2.47. The number of carbonyl (C=O) groups excluding carboxylic acids is 2. The normalized spacial score (nSPS) is 12.0. The number of amides is 2. The van der Waals surface area contributed by atoms with E-state index in [0.717, 1.165) is 12.0 Å². The average molecular weight is 276 g/mol. The van der Waals surface area contributed by atoms with Gasteiger partial charge in [0, 0.05) is 19.9 Å². The number of hydrogen-bond donors (Lipinski definition) is 2. The van der Waals surface area contributed by atoms with Gasteiger partial charge in [0.15, 0.2) is 0 Å². The van der Waals surface area contributed by atoms with E-state index in [1.807, 2.05) is 30.3 Å². The molecule has 110 valence electrons. The minimum absolute atomic E-state index is 0.0665. The number of carbonyl (C=O) groups is 2. The molecular formula is C16H24N2O2. The molecule has 2 amide bonds. The van der Waals surface area contributed by atoms with Gasteiger partial charge in [0.2, 0.25) is 11.8 Å². The molecule has 1 atom stereocenters. The van der Waals surface area contributed by atoms with E-state index in [0.29, 0.717) is 18.8 Å². The summed E-state index contributed by atoms with van der Waals surface area (Å²) in [7, 11) is 1.58. The van der Waals surface area contributed by atoms with Crippen molar-refractivity contribution in [1.29, 1.82) is 0 Å². The summed E-state index contributed by atoms with van der Waals surface area (Å²) in [5, 5.41) is 5.42. The molecule has 0 saturated heterocycles. The summed E-state index contributed by atoms with van der Waals surface area (Å²) >= 11 is 0. The lowest BCUT2D eigenvalue weighted by molar-refractivity contribution is -0.128. The Kier molecular flexibility index (Phi) is 6.77. The van der Waals surface area contributed by atoms with Gasteiger partial charge >= 0.3 is 0 Å². The van der Waals surface area contributed by atoms with Gasteiger partial charge in [-0.2, -0.15) is 0 Å². The zero-order valence-electron chi connectivity index (χ0n) is 12.5.